The lowest BCUT2D eigenvalue weighted by molar-refractivity contribution is -0.393. The molecule has 10 heteroatoms. The van der Waals surface area contributed by atoms with Crippen LogP contribution in [0.3, 0.4) is 0 Å². The van der Waals surface area contributed by atoms with E-state index in [2.05, 4.69) is 5.32 Å². The number of nitrogens with zero attached hydrogens (tertiary/aromatic N) is 2. The minimum absolute atomic E-state index is 0.280. The van der Waals surface area contributed by atoms with Gasteiger partial charge in [-0.1, -0.05) is 12.1 Å². The van der Waals surface area contributed by atoms with Gasteiger partial charge in [0.05, 0.1) is 27.2 Å². The number of rotatable bonds is 4. The summed E-state index contributed by atoms with van der Waals surface area (Å²) in [5, 5.41) is 23.9. The first-order chi connectivity index (χ1) is 10.7. The Kier molecular flexibility index (Phi) is 4.16. The molecule has 0 aliphatic heterocycles. The van der Waals surface area contributed by atoms with Gasteiger partial charge in [0.2, 0.25) is 0 Å². The maximum absolute atomic E-state index is 12.9. The number of para-hydroxylation sites is 1. The Morgan fingerprint density at radius 3 is 2.13 bits per heavy atom. The molecule has 0 unspecified atom stereocenters. The fourth-order valence-electron chi connectivity index (χ4n) is 1.87. The number of hydrogen-bond acceptors (Lipinski definition) is 5. The van der Waals surface area contributed by atoms with Crippen molar-refractivity contribution in [3.8, 4) is 0 Å². The molecule has 0 bridgehead atoms. The van der Waals surface area contributed by atoms with E-state index in [0.717, 1.165) is 24.3 Å². The van der Waals surface area contributed by atoms with Gasteiger partial charge in [0.15, 0.2) is 0 Å². The first kappa shape index (κ1) is 16.2. The molecule has 0 radical (unpaired) electrons. The Morgan fingerprint density at radius 2 is 1.57 bits per heavy atom. The minimum Gasteiger partial charge on any atom is -0.349 e. The van der Waals surface area contributed by atoms with Crippen LogP contribution in [0.15, 0.2) is 42.5 Å². The number of anilines is 2. The van der Waals surface area contributed by atoms with Crippen molar-refractivity contribution in [3.05, 3.63) is 68.3 Å². The summed E-state index contributed by atoms with van der Waals surface area (Å²) in [6.45, 7) is 0. The zero-order chi connectivity index (χ0) is 17.2. The van der Waals surface area contributed by atoms with Crippen molar-refractivity contribution < 1.29 is 23.0 Å². The maximum atomic E-state index is 12.9. The normalized spacial score (nSPS) is 11.1. The molecule has 0 amide bonds. The Morgan fingerprint density at radius 1 is 0.913 bits per heavy atom. The van der Waals surface area contributed by atoms with Gasteiger partial charge >= 0.3 is 6.18 Å². The van der Waals surface area contributed by atoms with Crippen LogP contribution in [0.4, 0.5) is 35.9 Å². The second kappa shape index (κ2) is 5.91. The van der Waals surface area contributed by atoms with E-state index in [4.69, 9.17) is 0 Å². The van der Waals surface area contributed by atoms with Gasteiger partial charge in [-0.3, -0.25) is 20.2 Å². The van der Waals surface area contributed by atoms with E-state index < -0.39 is 38.6 Å². The molecule has 2 aromatic rings. The van der Waals surface area contributed by atoms with E-state index in [1.54, 1.807) is 0 Å². The molecule has 0 spiro atoms. The molecule has 0 atom stereocenters. The first-order valence-electron chi connectivity index (χ1n) is 6.06. The van der Waals surface area contributed by atoms with Crippen LogP contribution >= 0.6 is 0 Å². The molecule has 0 saturated heterocycles. The molecule has 2 aromatic carbocycles. The molecule has 23 heavy (non-hydrogen) atoms. The average molecular weight is 327 g/mol. The summed E-state index contributed by atoms with van der Waals surface area (Å²) in [6.07, 6.45) is -4.65. The minimum atomic E-state index is -4.65. The third-order valence-corrected chi connectivity index (χ3v) is 2.89. The van der Waals surface area contributed by atoms with Crippen LogP contribution in [0, 0.1) is 20.2 Å². The standard InChI is InChI=1S/C13H8F3N3O4/c14-13(15,16)9-3-1-2-4-10(9)17-11-6-5-8(18(20)21)7-12(11)19(22)23/h1-7,17H. The zero-order valence-electron chi connectivity index (χ0n) is 11.2. The van der Waals surface area contributed by atoms with Crippen molar-refractivity contribution >= 4 is 22.7 Å². The van der Waals surface area contributed by atoms with Crippen LogP contribution < -0.4 is 5.32 Å². The monoisotopic (exact) mass is 327 g/mol. The van der Waals surface area contributed by atoms with E-state index >= 15 is 0 Å². The number of nitro benzene ring substituents is 2. The number of alkyl halides is 3. The smallest absolute Gasteiger partial charge is 0.349 e. The highest BCUT2D eigenvalue weighted by Gasteiger charge is 2.33. The van der Waals surface area contributed by atoms with Crippen LogP contribution in [0.1, 0.15) is 5.56 Å². The highest BCUT2D eigenvalue weighted by atomic mass is 19.4. The Balaban J connectivity index is 2.49. The van der Waals surface area contributed by atoms with Gasteiger partial charge in [0.25, 0.3) is 11.4 Å². The number of nitro groups is 2. The number of non-ortho nitro benzene ring substituents is 1. The molecule has 0 fully saturated rings. The topological polar surface area (TPSA) is 98.3 Å². The second-order valence-electron chi connectivity index (χ2n) is 4.38. The molecular formula is C13H8F3N3O4. The molecule has 0 heterocycles. The molecule has 0 aliphatic rings. The highest BCUT2D eigenvalue weighted by molar-refractivity contribution is 5.73. The van der Waals surface area contributed by atoms with Crippen LogP contribution in [0.5, 0.6) is 0 Å². The Labute approximate surface area is 126 Å². The van der Waals surface area contributed by atoms with Gasteiger partial charge in [0, 0.05) is 6.07 Å². The highest BCUT2D eigenvalue weighted by Crippen LogP contribution is 2.38. The van der Waals surface area contributed by atoms with Gasteiger partial charge in [-0.05, 0) is 18.2 Å². The number of benzene rings is 2. The van der Waals surface area contributed by atoms with Gasteiger partial charge in [0.1, 0.15) is 5.69 Å². The van der Waals surface area contributed by atoms with Crippen molar-refractivity contribution in [1.29, 1.82) is 0 Å². The lowest BCUT2D eigenvalue weighted by atomic mass is 10.1. The van der Waals surface area contributed by atoms with Crippen LogP contribution in [0.25, 0.3) is 0 Å². The predicted octanol–water partition coefficient (Wildman–Crippen LogP) is 4.27. The third-order valence-electron chi connectivity index (χ3n) is 2.89. The van der Waals surface area contributed by atoms with Crippen molar-refractivity contribution in [3.63, 3.8) is 0 Å². The van der Waals surface area contributed by atoms with E-state index in [-0.39, 0.29) is 5.69 Å². The van der Waals surface area contributed by atoms with Gasteiger partial charge in [-0.15, -0.1) is 0 Å². The molecule has 7 nitrogen and oxygen atoms in total. The van der Waals surface area contributed by atoms with E-state index in [1.165, 1.54) is 12.1 Å². The number of hydrogen-bond donors (Lipinski definition) is 1. The van der Waals surface area contributed by atoms with E-state index in [1.807, 2.05) is 0 Å². The van der Waals surface area contributed by atoms with Crippen molar-refractivity contribution in [2.24, 2.45) is 0 Å². The largest absolute Gasteiger partial charge is 0.418 e. The molecule has 120 valence electrons. The zero-order valence-corrected chi connectivity index (χ0v) is 11.2. The van der Waals surface area contributed by atoms with Gasteiger partial charge in [-0.2, -0.15) is 13.2 Å². The fourth-order valence-corrected chi connectivity index (χ4v) is 1.87. The van der Waals surface area contributed by atoms with Crippen molar-refractivity contribution in [2.75, 3.05) is 5.32 Å². The van der Waals surface area contributed by atoms with Gasteiger partial charge < -0.3 is 5.32 Å². The summed E-state index contributed by atoms with van der Waals surface area (Å²) in [5.41, 5.74) is -2.91. The van der Waals surface area contributed by atoms with Crippen molar-refractivity contribution in [2.45, 2.75) is 6.18 Å². The summed E-state index contributed by atoms with van der Waals surface area (Å²) in [7, 11) is 0. The molecule has 0 aromatic heterocycles. The third kappa shape index (κ3) is 3.54. The SMILES string of the molecule is O=[N+]([O-])c1ccc(Nc2ccccc2C(F)(F)F)c([N+](=O)[O-])c1. The predicted molar refractivity (Wildman–Crippen MR) is 74.5 cm³/mol. The van der Waals surface area contributed by atoms with Crippen LogP contribution in [-0.2, 0) is 6.18 Å². The summed E-state index contributed by atoms with van der Waals surface area (Å²) in [6, 6.07) is 7.06. The summed E-state index contributed by atoms with van der Waals surface area (Å²) >= 11 is 0. The molecular weight excluding hydrogens is 319 g/mol. The van der Waals surface area contributed by atoms with Crippen LogP contribution in [-0.4, -0.2) is 9.85 Å². The van der Waals surface area contributed by atoms with E-state index in [9.17, 15) is 33.4 Å². The average Bonchev–Trinajstić information content (AvgIpc) is 2.46. The lowest BCUT2D eigenvalue weighted by Gasteiger charge is -2.14. The van der Waals surface area contributed by atoms with E-state index in [0.29, 0.717) is 6.07 Å². The number of halogens is 3. The maximum Gasteiger partial charge on any atom is 0.418 e. The Hall–Kier alpha value is -3.17. The molecule has 2 rings (SSSR count). The molecule has 0 aliphatic carbocycles. The lowest BCUT2D eigenvalue weighted by Crippen LogP contribution is -2.09. The molecule has 0 saturated carbocycles. The quantitative estimate of drug-likeness (QED) is 0.668. The summed E-state index contributed by atoms with van der Waals surface area (Å²) in [5.74, 6) is 0. The fraction of sp³-hybridized carbons (Fsp3) is 0.0769. The van der Waals surface area contributed by atoms with Crippen LogP contribution in [0.2, 0.25) is 0 Å². The summed E-state index contributed by atoms with van der Waals surface area (Å²) < 4.78 is 38.8. The Bertz CT molecular complexity index is 777. The number of nitrogens with one attached hydrogen (secondary N) is 1. The van der Waals surface area contributed by atoms with Crippen molar-refractivity contribution in [1.82, 2.24) is 0 Å². The second-order valence-corrected chi connectivity index (χ2v) is 4.38. The molecule has 1 N–H and O–H groups in total. The first-order valence-corrected chi connectivity index (χ1v) is 6.06. The summed E-state index contributed by atoms with van der Waals surface area (Å²) in [4.78, 5) is 19.9. The van der Waals surface area contributed by atoms with Gasteiger partial charge in [-0.25, -0.2) is 0 Å².